The summed E-state index contributed by atoms with van der Waals surface area (Å²) in [7, 11) is -0.438. The van der Waals surface area contributed by atoms with Crippen molar-refractivity contribution in [3.05, 3.63) is 24.3 Å². The van der Waals surface area contributed by atoms with E-state index in [0.29, 0.717) is 17.3 Å². The minimum absolute atomic E-state index is 0.230. The molecule has 0 bridgehead atoms. The lowest BCUT2D eigenvalue weighted by atomic mass is 10.3. The van der Waals surface area contributed by atoms with Gasteiger partial charge in [0, 0.05) is 39.5 Å². The first-order valence-corrected chi connectivity index (χ1v) is 9.89. The number of rotatable bonds is 9. The average Bonchev–Trinajstić information content (AvgIpc) is 3.35. The van der Waals surface area contributed by atoms with Crippen molar-refractivity contribution in [2.75, 3.05) is 39.2 Å². The Morgan fingerprint density at radius 1 is 1.38 bits per heavy atom. The third-order valence-electron chi connectivity index (χ3n) is 3.67. The monoisotopic (exact) mass is 371 g/mol. The molecule has 0 aliphatic heterocycles. The van der Waals surface area contributed by atoms with Crippen molar-refractivity contribution >= 4 is 33.0 Å². The number of anilines is 1. The van der Waals surface area contributed by atoms with E-state index in [0.717, 1.165) is 25.6 Å². The summed E-state index contributed by atoms with van der Waals surface area (Å²) in [6.45, 7) is 2.31. The Balaban J connectivity index is 1.74. The predicted octanol–water partition coefficient (Wildman–Crippen LogP) is 2.04. The SMILES string of the molecule is CN(C)S(=O)(=O)c1cccc(NC(=S)NCCCOCC2CC2)c1. The molecule has 0 saturated heterocycles. The third-order valence-corrected chi connectivity index (χ3v) is 5.73. The molecular weight excluding hydrogens is 346 g/mol. The fraction of sp³-hybridized carbons (Fsp3) is 0.562. The maximum atomic E-state index is 12.1. The van der Waals surface area contributed by atoms with Crippen molar-refractivity contribution in [2.24, 2.45) is 5.92 Å². The highest BCUT2D eigenvalue weighted by Crippen LogP contribution is 2.28. The van der Waals surface area contributed by atoms with Crippen LogP contribution in [0.3, 0.4) is 0 Å². The van der Waals surface area contributed by atoms with E-state index in [1.165, 1.54) is 31.2 Å². The van der Waals surface area contributed by atoms with Crippen LogP contribution in [0.15, 0.2) is 29.2 Å². The second-order valence-corrected chi connectivity index (χ2v) is 8.63. The van der Waals surface area contributed by atoms with Gasteiger partial charge in [-0.25, -0.2) is 12.7 Å². The Kier molecular flexibility index (Phi) is 6.97. The van der Waals surface area contributed by atoms with Gasteiger partial charge in [0.2, 0.25) is 10.0 Å². The number of hydrogen-bond acceptors (Lipinski definition) is 4. The van der Waals surface area contributed by atoms with Crippen molar-refractivity contribution in [1.82, 2.24) is 9.62 Å². The molecule has 6 nitrogen and oxygen atoms in total. The summed E-state index contributed by atoms with van der Waals surface area (Å²) < 4.78 is 31.0. The molecule has 24 heavy (non-hydrogen) atoms. The maximum absolute atomic E-state index is 12.1. The normalized spacial score (nSPS) is 14.6. The minimum Gasteiger partial charge on any atom is -0.381 e. The summed E-state index contributed by atoms with van der Waals surface area (Å²) in [6.07, 6.45) is 3.48. The van der Waals surface area contributed by atoms with Gasteiger partial charge >= 0.3 is 0 Å². The molecule has 2 rings (SSSR count). The Morgan fingerprint density at radius 2 is 2.12 bits per heavy atom. The van der Waals surface area contributed by atoms with Crippen LogP contribution in [0.25, 0.3) is 0 Å². The maximum Gasteiger partial charge on any atom is 0.242 e. The molecule has 0 heterocycles. The van der Waals surface area contributed by atoms with Crippen LogP contribution in [0.5, 0.6) is 0 Å². The number of ether oxygens (including phenoxy) is 1. The molecular formula is C16H25N3O3S2. The summed E-state index contributed by atoms with van der Waals surface area (Å²) in [6, 6.07) is 6.60. The molecule has 1 aromatic carbocycles. The standard InChI is InChI=1S/C16H25N3O3S2/c1-19(2)24(20,21)15-6-3-5-14(11-15)18-16(23)17-9-4-10-22-12-13-7-8-13/h3,5-6,11,13H,4,7-10,12H2,1-2H3,(H2,17,18,23). The first kappa shape index (κ1) is 19.1. The highest BCUT2D eigenvalue weighted by molar-refractivity contribution is 7.89. The molecule has 2 N–H and O–H groups in total. The third kappa shape index (κ3) is 6.01. The van der Waals surface area contributed by atoms with Crippen LogP contribution in [-0.4, -0.2) is 51.7 Å². The van der Waals surface area contributed by atoms with E-state index in [9.17, 15) is 8.42 Å². The first-order valence-electron chi connectivity index (χ1n) is 8.05. The van der Waals surface area contributed by atoms with Crippen LogP contribution >= 0.6 is 12.2 Å². The molecule has 0 spiro atoms. The molecule has 0 radical (unpaired) electrons. The zero-order valence-corrected chi connectivity index (χ0v) is 15.8. The highest BCUT2D eigenvalue weighted by atomic mass is 32.2. The number of nitrogens with one attached hydrogen (secondary N) is 2. The van der Waals surface area contributed by atoms with Gasteiger partial charge in [-0.05, 0) is 55.6 Å². The second kappa shape index (κ2) is 8.75. The number of sulfonamides is 1. The summed E-state index contributed by atoms with van der Waals surface area (Å²) in [5.74, 6) is 0.784. The van der Waals surface area contributed by atoms with Gasteiger partial charge in [0.15, 0.2) is 5.11 Å². The number of thiocarbonyl (C=S) groups is 1. The number of benzene rings is 1. The topological polar surface area (TPSA) is 70.7 Å². The smallest absolute Gasteiger partial charge is 0.242 e. The minimum atomic E-state index is -3.45. The Labute approximate surface area is 149 Å². The highest BCUT2D eigenvalue weighted by Gasteiger charge is 2.20. The fourth-order valence-corrected chi connectivity index (χ4v) is 3.20. The molecule has 0 amide bonds. The molecule has 1 saturated carbocycles. The predicted molar refractivity (Wildman–Crippen MR) is 99.7 cm³/mol. The Morgan fingerprint density at radius 3 is 2.79 bits per heavy atom. The largest absolute Gasteiger partial charge is 0.381 e. The van der Waals surface area contributed by atoms with Gasteiger partial charge in [-0.15, -0.1) is 0 Å². The van der Waals surface area contributed by atoms with Crippen LogP contribution < -0.4 is 10.6 Å². The Bertz CT molecular complexity index is 658. The average molecular weight is 372 g/mol. The van der Waals surface area contributed by atoms with Gasteiger partial charge in [-0.1, -0.05) is 6.07 Å². The van der Waals surface area contributed by atoms with Gasteiger partial charge in [-0.3, -0.25) is 0 Å². The van der Waals surface area contributed by atoms with Crippen LogP contribution in [0, 0.1) is 5.92 Å². The van der Waals surface area contributed by atoms with Gasteiger partial charge < -0.3 is 15.4 Å². The molecule has 134 valence electrons. The van der Waals surface area contributed by atoms with Crippen LogP contribution in [0.1, 0.15) is 19.3 Å². The molecule has 1 fully saturated rings. The molecule has 0 unspecified atom stereocenters. The van der Waals surface area contributed by atoms with Crippen molar-refractivity contribution in [1.29, 1.82) is 0 Å². The summed E-state index contributed by atoms with van der Waals surface area (Å²) in [5.41, 5.74) is 0.639. The fourth-order valence-electron chi connectivity index (χ4n) is 2.03. The van der Waals surface area contributed by atoms with Gasteiger partial charge in [-0.2, -0.15) is 0 Å². The molecule has 8 heteroatoms. The molecule has 1 aliphatic carbocycles. The molecule has 1 aromatic rings. The van der Waals surface area contributed by atoms with Crippen LogP contribution in [-0.2, 0) is 14.8 Å². The molecule has 0 atom stereocenters. The van der Waals surface area contributed by atoms with Crippen LogP contribution in [0.2, 0.25) is 0 Å². The van der Waals surface area contributed by atoms with Crippen molar-refractivity contribution in [2.45, 2.75) is 24.2 Å². The van der Waals surface area contributed by atoms with E-state index in [1.807, 2.05) is 0 Å². The lowest BCUT2D eigenvalue weighted by molar-refractivity contribution is 0.123. The van der Waals surface area contributed by atoms with E-state index in [1.54, 1.807) is 24.3 Å². The zero-order chi connectivity index (χ0) is 17.6. The lowest BCUT2D eigenvalue weighted by Gasteiger charge is -2.14. The van der Waals surface area contributed by atoms with Gasteiger partial charge in [0.1, 0.15) is 0 Å². The zero-order valence-electron chi connectivity index (χ0n) is 14.1. The lowest BCUT2D eigenvalue weighted by Crippen LogP contribution is -2.30. The van der Waals surface area contributed by atoms with E-state index in [4.69, 9.17) is 17.0 Å². The van der Waals surface area contributed by atoms with Gasteiger partial charge in [0.25, 0.3) is 0 Å². The van der Waals surface area contributed by atoms with E-state index >= 15 is 0 Å². The second-order valence-electron chi connectivity index (χ2n) is 6.07. The quantitative estimate of drug-likeness (QED) is 0.511. The van der Waals surface area contributed by atoms with Crippen molar-refractivity contribution < 1.29 is 13.2 Å². The summed E-state index contributed by atoms with van der Waals surface area (Å²) in [5, 5.41) is 6.57. The molecule has 0 aromatic heterocycles. The van der Waals surface area contributed by atoms with Crippen molar-refractivity contribution in [3.63, 3.8) is 0 Å². The van der Waals surface area contributed by atoms with Crippen LogP contribution in [0.4, 0.5) is 5.69 Å². The Hall–Kier alpha value is -1.22. The summed E-state index contributed by atoms with van der Waals surface area (Å²) >= 11 is 5.23. The summed E-state index contributed by atoms with van der Waals surface area (Å²) in [4.78, 5) is 0.230. The van der Waals surface area contributed by atoms with E-state index < -0.39 is 10.0 Å². The van der Waals surface area contributed by atoms with Gasteiger partial charge in [0.05, 0.1) is 4.90 Å². The number of nitrogens with zero attached hydrogens (tertiary/aromatic N) is 1. The number of hydrogen-bond donors (Lipinski definition) is 2. The first-order chi connectivity index (χ1) is 11.4. The van der Waals surface area contributed by atoms with E-state index in [2.05, 4.69) is 10.6 Å². The van der Waals surface area contributed by atoms with Crippen molar-refractivity contribution in [3.8, 4) is 0 Å². The molecule has 1 aliphatic rings. The van der Waals surface area contributed by atoms with E-state index in [-0.39, 0.29) is 4.90 Å².